The van der Waals surface area contributed by atoms with Gasteiger partial charge < -0.3 is 9.80 Å². The van der Waals surface area contributed by atoms with Gasteiger partial charge in [-0.25, -0.2) is 8.42 Å². The number of piperazine rings is 1. The molecule has 0 saturated carbocycles. The van der Waals surface area contributed by atoms with E-state index in [0.29, 0.717) is 31.7 Å². The lowest BCUT2D eigenvalue weighted by Gasteiger charge is -2.34. The topological polar surface area (TPSA) is 74.8 Å². The fourth-order valence-electron chi connectivity index (χ4n) is 2.16. The Labute approximate surface area is 128 Å². The normalized spacial score (nSPS) is 16.0. The summed E-state index contributed by atoms with van der Waals surface area (Å²) in [4.78, 5) is 27.4. The number of rotatable bonds is 4. The maximum atomic E-state index is 12.1. The Bertz CT molecular complexity index is 602. The van der Waals surface area contributed by atoms with Crippen molar-refractivity contribution in [2.24, 2.45) is 0 Å². The van der Waals surface area contributed by atoms with Crippen molar-refractivity contribution in [2.75, 3.05) is 38.2 Å². The summed E-state index contributed by atoms with van der Waals surface area (Å²) in [7, 11) is -3.12. The zero-order valence-corrected chi connectivity index (χ0v) is 13.5. The number of amides is 2. The maximum Gasteiger partial charge on any atom is 0.254 e. The van der Waals surface area contributed by atoms with Crippen molar-refractivity contribution in [1.29, 1.82) is 0 Å². The van der Waals surface area contributed by atoms with Crippen LogP contribution in [0.3, 0.4) is 0 Å². The molecule has 0 atom stereocenters. The second-order valence-electron chi connectivity index (χ2n) is 5.06. The maximum absolute atomic E-state index is 12.1. The molecule has 0 radical (unpaired) electrons. The van der Waals surface area contributed by atoms with E-state index in [-0.39, 0.29) is 24.0 Å². The van der Waals surface area contributed by atoms with Crippen LogP contribution in [0.25, 0.3) is 0 Å². The lowest BCUT2D eigenvalue weighted by molar-refractivity contribution is -0.132. The van der Waals surface area contributed by atoms with Crippen LogP contribution in [0, 0.1) is 0 Å². The third kappa shape index (κ3) is 4.53. The summed E-state index contributed by atoms with van der Waals surface area (Å²) in [6.07, 6.45) is 1.13. The van der Waals surface area contributed by atoms with E-state index in [0.717, 1.165) is 6.26 Å². The monoisotopic (exact) mass is 330 g/mol. The van der Waals surface area contributed by atoms with E-state index >= 15 is 0 Å². The SMILES string of the molecule is CS(=O)(=O)CCC(=O)N1CCN(C(=O)c2ccsc2)CC1. The van der Waals surface area contributed by atoms with Crippen LogP contribution >= 0.6 is 11.3 Å². The van der Waals surface area contributed by atoms with Crippen molar-refractivity contribution < 1.29 is 18.0 Å². The minimum absolute atomic E-state index is 0.0112. The van der Waals surface area contributed by atoms with E-state index in [9.17, 15) is 18.0 Å². The van der Waals surface area contributed by atoms with Gasteiger partial charge in [0.2, 0.25) is 5.91 Å². The van der Waals surface area contributed by atoms with Crippen LogP contribution in [0.2, 0.25) is 0 Å². The van der Waals surface area contributed by atoms with Gasteiger partial charge in [-0.2, -0.15) is 11.3 Å². The molecule has 1 saturated heterocycles. The van der Waals surface area contributed by atoms with E-state index < -0.39 is 9.84 Å². The summed E-state index contributed by atoms with van der Waals surface area (Å²) in [6, 6.07) is 1.79. The second kappa shape index (κ2) is 6.57. The van der Waals surface area contributed by atoms with Gasteiger partial charge in [-0.05, 0) is 11.4 Å². The molecule has 1 aliphatic heterocycles. The Morgan fingerprint density at radius 2 is 1.81 bits per heavy atom. The minimum Gasteiger partial charge on any atom is -0.339 e. The van der Waals surface area contributed by atoms with Gasteiger partial charge in [-0.3, -0.25) is 9.59 Å². The average Bonchev–Trinajstić information content (AvgIpc) is 2.97. The van der Waals surface area contributed by atoms with Crippen molar-refractivity contribution in [3.8, 4) is 0 Å². The number of carbonyl (C=O) groups is 2. The Kier molecular flexibility index (Phi) is 5.00. The van der Waals surface area contributed by atoms with E-state index in [1.54, 1.807) is 15.9 Å². The highest BCUT2D eigenvalue weighted by Crippen LogP contribution is 2.12. The lowest BCUT2D eigenvalue weighted by Crippen LogP contribution is -2.50. The quantitative estimate of drug-likeness (QED) is 0.804. The van der Waals surface area contributed by atoms with Gasteiger partial charge in [0.1, 0.15) is 9.84 Å². The van der Waals surface area contributed by atoms with Crippen molar-refractivity contribution in [3.63, 3.8) is 0 Å². The van der Waals surface area contributed by atoms with Gasteiger partial charge >= 0.3 is 0 Å². The standard InChI is InChI=1S/C13H18N2O4S2/c1-21(18,19)9-3-12(16)14-4-6-15(7-5-14)13(17)11-2-8-20-10-11/h2,8,10H,3-7,9H2,1H3. The summed E-state index contributed by atoms with van der Waals surface area (Å²) in [5.41, 5.74) is 0.678. The first kappa shape index (κ1) is 16.0. The van der Waals surface area contributed by atoms with E-state index in [1.807, 2.05) is 10.8 Å². The average molecular weight is 330 g/mol. The summed E-state index contributed by atoms with van der Waals surface area (Å²) in [6.45, 7) is 1.88. The van der Waals surface area contributed by atoms with Crippen LogP contribution in [-0.2, 0) is 14.6 Å². The van der Waals surface area contributed by atoms with Crippen LogP contribution in [0.4, 0.5) is 0 Å². The van der Waals surface area contributed by atoms with Crippen LogP contribution in [0.15, 0.2) is 16.8 Å². The van der Waals surface area contributed by atoms with Gasteiger partial charge in [-0.15, -0.1) is 0 Å². The minimum atomic E-state index is -3.12. The molecule has 0 spiro atoms. The van der Waals surface area contributed by atoms with Crippen LogP contribution < -0.4 is 0 Å². The summed E-state index contributed by atoms with van der Waals surface area (Å²) in [5, 5.41) is 3.67. The number of hydrogen-bond donors (Lipinski definition) is 0. The molecule has 0 bridgehead atoms. The predicted octanol–water partition coefficient (Wildman–Crippen LogP) is 0.467. The van der Waals surface area contributed by atoms with Crippen LogP contribution in [-0.4, -0.2) is 68.2 Å². The molecule has 1 aromatic rings. The first-order chi connectivity index (χ1) is 9.87. The Balaban J connectivity index is 1.83. The zero-order chi connectivity index (χ0) is 15.5. The number of carbonyl (C=O) groups excluding carboxylic acids is 2. The molecule has 2 heterocycles. The van der Waals surface area contributed by atoms with Gasteiger partial charge in [0.15, 0.2) is 0 Å². The molecule has 0 aromatic carbocycles. The molecule has 1 aliphatic rings. The molecule has 2 rings (SSSR count). The van der Waals surface area contributed by atoms with E-state index in [4.69, 9.17) is 0 Å². The molecule has 21 heavy (non-hydrogen) atoms. The highest BCUT2D eigenvalue weighted by atomic mass is 32.2. The summed E-state index contributed by atoms with van der Waals surface area (Å²) in [5.74, 6) is -0.303. The molecule has 6 nitrogen and oxygen atoms in total. The Hall–Kier alpha value is -1.41. The fraction of sp³-hybridized carbons (Fsp3) is 0.538. The van der Waals surface area contributed by atoms with Gasteiger partial charge in [-0.1, -0.05) is 0 Å². The molecule has 0 unspecified atom stereocenters. The number of hydrogen-bond acceptors (Lipinski definition) is 5. The third-order valence-corrected chi connectivity index (χ3v) is 5.00. The number of thiophene rings is 1. The van der Waals surface area contributed by atoms with Crippen molar-refractivity contribution in [3.05, 3.63) is 22.4 Å². The predicted molar refractivity (Wildman–Crippen MR) is 81.1 cm³/mol. The lowest BCUT2D eigenvalue weighted by atomic mass is 10.2. The summed E-state index contributed by atoms with van der Waals surface area (Å²) >= 11 is 1.48. The van der Waals surface area contributed by atoms with Crippen LogP contribution in [0.5, 0.6) is 0 Å². The second-order valence-corrected chi connectivity index (χ2v) is 8.10. The Morgan fingerprint density at radius 3 is 2.33 bits per heavy atom. The van der Waals surface area contributed by atoms with Crippen molar-refractivity contribution in [2.45, 2.75) is 6.42 Å². The zero-order valence-electron chi connectivity index (χ0n) is 11.8. The number of sulfone groups is 1. The molecule has 116 valence electrons. The van der Waals surface area contributed by atoms with E-state index in [2.05, 4.69) is 0 Å². The Morgan fingerprint density at radius 1 is 1.19 bits per heavy atom. The third-order valence-electron chi connectivity index (χ3n) is 3.37. The van der Waals surface area contributed by atoms with Gasteiger partial charge in [0.25, 0.3) is 5.91 Å². The van der Waals surface area contributed by atoms with Gasteiger partial charge in [0, 0.05) is 44.2 Å². The molecule has 8 heteroatoms. The molecule has 1 aromatic heterocycles. The fourth-order valence-corrected chi connectivity index (χ4v) is 3.33. The molecule has 2 amide bonds. The highest BCUT2D eigenvalue weighted by Gasteiger charge is 2.25. The summed E-state index contributed by atoms with van der Waals surface area (Å²) < 4.78 is 22.1. The number of nitrogens with zero attached hydrogens (tertiary/aromatic N) is 2. The van der Waals surface area contributed by atoms with Crippen molar-refractivity contribution >= 4 is 33.0 Å². The molecule has 0 aliphatic carbocycles. The first-order valence-corrected chi connectivity index (χ1v) is 9.64. The highest BCUT2D eigenvalue weighted by molar-refractivity contribution is 7.90. The van der Waals surface area contributed by atoms with Crippen molar-refractivity contribution in [1.82, 2.24) is 9.80 Å². The van der Waals surface area contributed by atoms with Gasteiger partial charge in [0.05, 0.1) is 11.3 Å². The molecule has 0 N–H and O–H groups in total. The van der Waals surface area contributed by atoms with E-state index in [1.165, 1.54) is 11.3 Å². The molecular weight excluding hydrogens is 312 g/mol. The molecule has 1 fully saturated rings. The largest absolute Gasteiger partial charge is 0.339 e. The smallest absolute Gasteiger partial charge is 0.254 e. The first-order valence-electron chi connectivity index (χ1n) is 6.64. The van der Waals surface area contributed by atoms with Crippen LogP contribution in [0.1, 0.15) is 16.8 Å². The molecular formula is C13H18N2O4S2.